The van der Waals surface area contributed by atoms with E-state index in [1.54, 1.807) is 18.2 Å². The van der Waals surface area contributed by atoms with Gasteiger partial charge in [-0.15, -0.1) is 0 Å². The summed E-state index contributed by atoms with van der Waals surface area (Å²) in [4.78, 5) is 14.8. The lowest BCUT2D eigenvalue weighted by molar-refractivity contribution is -0.118. The third-order valence-corrected chi connectivity index (χ3v) is 1.95. The van der Waals surface area contributed by atoms with Crippen LogP contribution < -0.4 is 0 Å². The second-order valence-electron chi connectivity index (χ2n) is 2.78. The largest absolute Gasteiger partial charge is 0.465 e. The van der Waals surface area contributed by atoms with Crippen molar-refractivity contribution >= 4 is 17.7 Å². The van der Waals surface area contributed by atoms with Crippen LogP contribution in [-0.4, -0.2) is 12.1 Å². The van der Waals surface area contributed by atoms with Crippen molar-refractivity contribution in [2.24, 2.45) is 10.9 Å². The van der Waals surface area contributed by atoms with Crippen LogP contribution >= 0.6 is 0 Å². The van der Waals surface area contributed by atoms with Crippen molar-refractivity contribution in [2.75, 3.05) is 0 Å². The number of hydrogen-bond acceptors (Lipinski definition) is 3. The topological polar surface area (TPSA) is 66.4 Å². The van der Waals surface area contributed by atoms with Gasteiger partial charge in [0.05, 0.1) is 12.3 Å². The van der Waals surface area contributed by atoms with E-state index in [-0.39, 0.29) is 0 Å². The Kier molecular flexibility index (Phi) is 1.99. The van der Waals surface area contributed by atoms with E-state index in [4.69, 9.17) is 9.68 Å². The number of nitrogens with zero attached hydrogens (tertiary/aromatic N) is 2. The van der Waals surface area contributed by atoms with Crippen molar-refractivity contribution in [3.05, 3.63) is 30.2 Å². The number of nitriles is 1. The first-order valence-corrected chi connectivity index (χ1v) is 4.04. The van der Waals surface area contributed by atoms with E-state index in [1.807, 2.05) is 6.07 Å². The number of furan rings is 1. The number of rotatable bonds is 1. The summed E-state index contributed by atoms with van der Waals surface area (Å²) in [6, 6.07) is 5.32. The van der Waals surface area contributed by atoms with E-state index in [1.165, 1.54) is 12.5 Å². The maximum absolute atomic E-state index is 11.2. The van der Waals surface area contributed by atoms with Gasteiger partial charge >= 0.3 is 0 Å². The molecule has 1 aliphatic heterocycles. The van der Waals surface area contributed by atoms with Crippen LogP contribution in [0.1, 0.15) is 5.76 Å². The minimum Gasteiger partial charge on any atom is -0.465 e. The molecule has 4 nitrogen and oxygen atoms in total. The van der Waals surface area contributed by atoms with Gasteiger partial charge in [0.2, 0.25) is 0 Å². The Hall–Kier alpha value is -2.15. The lowest BCUT2D eigenvalue weighted by Crippen LogP contribution is -2.15. The molecule has 0 spiro atoms. The van der Waals surface area contributed by atoms with Crippen LogP contribution in [0, 0.1) is 17.2 Å². The molecule has 0 aromatic carbocycles. The molecular formula is C10H6N2O2. The van der Waals surface area contributed by atoms with Gasteiger partial charge in [0.15, 0.2) is 5.92 Å². The fraction of sp³-hybridized carbons (Fsp3) is 0.100. The van der Waals surface area contributed by atoms with Crippen LogP contribution in [0.4, 0.5) is 0 Å². The number of allylic oxidation sites excluding steroid dienone is 1. The molecular weight excluding hydrogens is 180 g/mol. The highest BCUT2D eigenvalue weighted by atomic mass is 16.3. The molecule has 1 aliphatic rings. The number of carbonyl (C=O) groups excluding carboxylic acids is 1. The number of amides is 1. The zero-order chi connectivity index (χ0) is 9.97. The van der Waals surface area contributed by atoms with E-state index in [2.05, 4.69) is 4.99 Å². The smallest absolute Gasteiger partial charge is 0.267 e. The van der Waals surface area contributed by atoms with Crippen molar-refractivity contribution < 1.29 is 9.21 Å². The molecule has 2 heterocycles. The monoisotopic (exact) mass is 186 g/mol. The van der Waals surface area contributed by atoms with Crippen molar-refractivity contribution in [3.8, 4) is 6.07 Å². The van der Waals surface area contributed by atoms with E-state index in [0.29, 0.717) is 11.3 Å². The average Bonchev–Trinajstić information content (AvgIpc) is 2.70. The van der Waals surface area contributed by atoms with Crippen LogP contribution in [0.25, 0.3) is 5.57 Å². The highest BCUT2D eigenvalue weighted by molar-refractivity contribution is 6.06. The molecule has 0 fully saturated rings. The Bertz CT molecular complexity index is 449. The molecule has 1 aromatic rings. The van der Waals surface area contributed by atoms with Gasteiger partial charge < -0.3 is 4.42 Å². The standard InChI is InChI=1S/C10H6N2O2/c11-6-8-7(3-4-12-10(8)13)9-2-1-5-14-9/h1-5,8H. The Labute approximate surface area is 80.2 Å². The minimum absolute atomic E-state index is 0.443. The zero-order valence-corrected chi connectivity index (χ0v) is 7.18. The second kappa shape index (κ2) is 3.30. The normalized spacial score (nSPS) is 20.4. The molecule has 1 atom stereocenters. The summed E-state index contributed by atoms with van der Waals surface area (Å²) in [6.45, 7) is 0. The van der Waals surface area contributed by atoms with Crippen LogP contribution in [-0.2, 0) is 4.79 Å². The van der Waals surface area contributed by atoms with Crippen LogP contribution in [0.2, 0.25) is 0 Å². The predicted octanol–water partition coefficient (Wildman–Crippen LogP) is 1.41. The molecule has 0 saturated heterocycles. The van der Waals surface area contributed by atoms with Gasteiger partial charge in [-0.2, -0.15) is 5.26 Å². The summed E-state index contributed by atoms with van der Waals surface area (Å²) in [5.74, 6) is -0.747. The average molecular weight is 186 g/mol. The summed E-state index contributed by atoms with van der Waals surface area (Å²) >= 11 is 0. The predicted molar refractivity (Wildman–Crippen MR) is 49.3 cm³/mol. The van der Waals surface area contributed by atoms with Crippen molar-refractivity contribution in [1.29, 1.82) is 5.26 Å². The highest BCUT2D eigenvalue weighted by Crippen LogP contribution is 2.26. The van der Waals surface area contributed by atoms with E-state index in [0.717, 1.165) is 0 Å². The quantitative estimate of drug-likeness (QED) is 0.666. The molecule has 68 valence electrons. The molecule has 14 heavy (non-hydrogen) atoms. The third kappa shape index (κ3) is 1.25. The molecule has 2 rings (SSSR count). The summed E-state index contributed by atoms with van der Waals surface area (Å²) in [7, 11) is 0. The lowest BCUT2D eigenvalue weighted by atomic mass is 9.96. The number of dihydropyridines is 1. The highest BCUT2D eigenvalue weighted by Gasteiger charge is 2.26. The summed E-state index contributed by atoms with van der Waals surface area (Å²) in [5, 5.41) is 8.80. The first-order chi connectivity index (χ1) is 6.83. The number of hydrogen-bond donors (Lipinski definition) is 0. The Morgan fingerprint density at radius 1 is 1.57 bits per heavy atom. The van der Waals surface area contributed by atoms with Gasteiger partial charge in [0.25, 0.3) is 5.91 Å². The molecule has 0 saturated carbocycles. The van der Waals surface area contributed by atoms with Crippen LogP contribution in [0.3, 0.4) is 0 Å². The Morgan fingerprint density at radius 2 is 2.43 bits per heavy atom. The summed E-state index contributed by atoms with van der Waals surface area (Å²) in [6.07, 6.45) is 4.50. The van der Waals surface area contributed by atoms with Gasteiger partial charge in [-0.3, -0.25) is 4.79 Å². The molecule has 4 heteroatoms. The second-order valence-corrected chi connectivity index (χ2v) is 2.78. The molecule has 0 N–H and O–H groups in total. The molecule has 0 bridgehead atoms. The SMILES string of the molecule is N#CC1C(=O)N=CC=C1c1ccco1. The van der Waals surface area contributed by atoms with E-state index >= 15 is 0 Å². The van der Waals surface area contributed by atoms with Gasteiger partial charge in [-0.05, 0) is 18.2 Å². The Morgan fingerprint density at radius 3 is 3.07 bits per heavy atom. The van der Waals surface area contributed by atoms with Gasteiger partial charge in [0.1, 0.15) is 5.76 Å². The maximum atomic E-state index is 11.2. The third-order valence-electron chi connectivity index (χ3n) is 1.95. The fourth-order valence-corrected chi connectivity index (χ4v) is 1.29. The fourth-order valence-electron chi connectivity index (χ4n) is 1.29. The zero-order valence-electron chi connectivity index (χ0n) is 7.18. The van der Waals surface area contributed by atoms with Gasteiger partial charge in [-0.1, -0.05) is 0 Å². The lowest BCUT2D eigenvalue weighted by Gasteiger charge is -2.09. The van der Waals surface area contributed by atoms with E-state index in [9.17, 15) is 4.79 Å². The van der Waals surface area contributed by atoms with Gasteiger partial charge in [0, 0.05) is 11.8 Å². The van der Waals surface area contributed by atoms with Crippen LogP contribution in [0.5, 0.6) is 0 Å². The number of carbonyl (C=O) groups is 1. The van der Waals surface area contributed by atoms with Crippen molar-refractivity contribution in [3.63, 3.8) is 0 Å². The first kappa shape index (κ1) is 8.45. The van der Waals surface area contributed by atoms with Crippen molar-refractivity contribution in [1.82, 2.24) is 0 Å². The molecule has 1 amide bonds. The Balaban J connectivity index is 2.44. The molecule has 1 aromatic heterocycles. The van der Waals surface area contributed by atoms with Gasteiger partial charge in [-0.25, -0.2) is 4.99 Å². The molecule has 1 unspecified atom stereocenters. The van der Waals surface area contributed by atoms with Crippen LogP contribution in [0.15, 0.2) is 33.9 Å². The van der Waals surface area contributed by atoms with E-state index < -0.39 is 11.8 Å². The summed E-state index contributed by atoms with van der Waals surface area (Å²) in [5.41, 5.74) is 0.567. The maximum Gasteiger partial charge on any atom is 0.267 e. The first-order valence-electron chi connectivity index (χ1n) is 4.04. The summed E-state index contributed by atoms with van der Waals surface area (Å²) < 4.78 is 5.12. The van der Waals surface area contributed by atoms with Crippen molar-refractivity contribution in [2.45, 2.75) is 0 Å². The molecule has 0 radical (unpaired) electrons. The molecule has 0 aliphatic carbocycles. The number of aliphatic imine (C=N–C) groups is 1. The minimum atomic E-state index is -0.842.